The van der Waals surface area contributed by atoms with Crippen LogP contribution in [-0.4, -0.2) is 27.2 Å². The fraction of sp³-hybridized carbons (Fsp3) is 0.211. The predicted molar refractivity (Wildman–Crippen MR) is 106 cm³/mol. The molecule has 30 heavy (non-hydrogen) atoms. The summed E-state index contributed by atoms with van der Waals surface area (Å²) in [6, 6.07) is 4.55. The van der Waals surface area contributed by atoms with Crippen LogP contribution in [0.5, 0.6) is 11.6 Å². The number of phenols is 1. The van der Waals surface area contributed by atoms with Crippen molar-refractivity contribution >= 4 is 28.8 Å². The lowest BCUT2D eigenvalue weighted by molar-refractivity contribution is -0.137. The molecule has 3 aromatic rings. The van der Waals surface area contributed by atoms with Crippen LogP contribution >= 0.6 is 0 Å². The lowest BCUT2D eigenvalue weighted by atomic mass is 10.1. The first-order valence-corrected chi connectivity index (χ1v) is 8.67. The fourth-order valence-electron chi connectivity index (χ4n) is 2.57. The SMILES string of the molecule is COc1cc(Nc2ncc(C(F)(F)F)c(Nc3ccc(C)c(O)c3N)n2)c(C)cn1. The molecule has 0 atom stereocenters. The van der Waals surface area contributed by atoms with Gasteiger partial charge in [-0.25, -0.2) is 9.97 Å². The van der Waals surface area contributed by atoms with Crippen LogP contribution in [0, 0.1) is 13.8 Å². The molecule has 0 radical (unpaired) electrons. The Morgan fingerprint density at radius 3 is 2.43 bits per heavy atom. The summed E-state index contributed by atoms with van der Waals surface area (Å²) in [5.74, 6) is -0.512. The molecule has 11 heteroatoms. The molecule has 0 fully saturated rings. The van der Waals surface area contributed by atoms with Crippen molar-refractivity contribution in [3.05, 3.63) is 47.3 Å². The van der Waals surface area contributed by atoms with E-state index >= 15 is 0 Å². The van der Waals surface area contributed by atoms with E-state index in [9.17, 15) is 18.3 Å². The van der Waals surface area contributed by atoms with Crippen molar-refractivity contribution in [2.45, 2.75) is 20.0 Å². The summed E-state index contributed by atoms with van der Waals surface area (Å²) in [6.45, 7) is 3.38. The third-order valence-electron chi connectivity index (χ3n) is 4.30. The van der Waals surface area contributed by atoms with Gasteiger partial charge in [-0.05, 0) is 31.0 Å². The smallest absolute Gasteiger partial charge is 0.421 e. The standard InChI is InChI=1S/C19H19F3N6O2/c1-9-4-5-12(15(23)16(9)29)26-17-11(19(20,21)22)8-25-18(28-17)27-13-6-14(30-3)24-7-10(13)2/h4-8,29H,23H2,1-3H3,(H2,24,25,26,27,28). The van der Waals surface area contributed by atoms with Crippen LogP contribution in [0.1, 0.15) is 16.7 Å². The van der Waals surface area contributed by atoms with Gasteiger partial charge in [0, 0.05) is 18.5 Å². The number of aromatic nitrogens is 3. The average Bonchev–Trinajstić information content (AvgIpc) is 2.69. The normalized spacial score (nSPS) is 11.3. The zero-order valence-electron chi connectivity index (χ0n) is 16.3. The molecule has 0 bridgehead atoms. The molecule has 8 nitrogen and oxygen atoms in total. The van der Waals surface area contributed by atoms with Gasteiger partial charge in [0.05, 0.1) is 24.2 Å². The van der Waals surface area contributed by atoms with Crippen molar-refractivity contribution in [3.63, 3.8) is 0 Å². The summed E-state index contributed by atoms with van der Waals surface area (Å²) in [6.07, 6.45) is -2.51. The number of phenolic OH excluding ortho intramolecular Hbond substituents is 1. The van der Waals surface area contributed by atoms with Gasteiger partial charge in [0.25, 0.3) is 0 Å². The molecule has 1 aromatic carbocycles. The number of nitrogens with one attached hydrogen (secondary N) is 2. The topological polar surface area (TPSA) is 118 Å². The lowest BCUT2D eigenvalue weighted by Crippen LogP contribution is -2.13. The highest BCUT2D eigenvalue weighted by atomic mass is 19.4. The monoisotopic (exact) mass is 420 g/mol. The van der Waals surface area contributed by atoms with Crippen molar-refractivity contribution in [1.82, 2.24) is 15.0 Å². The Morgan fingerprint density at radius 2 is 1.77 bits per heavy atom. The van der Waals surface area contributed by atoms with Gasteiger partial charge < -0.3 is 26.2 Å². The number of methoxy groups -OCH3 is 1. The van der Waals surface area contributed by atoms with Crippen LogP contribution < -0.4 is 21.1 Å². The average molecular weight is 420 g/mol. The number of benzene rings is 1. The number of ether oxygens (including phenoxy) is 1. The molecular weight excluding hydrogens is 401 g/mol. The highest BCUT2D eigenvalue weighted by molar-refractivity contribution is 5.78. The molecule has 0 spiro atoms. The fourth-order valence-corrected chi connectivity index (χ4v) is 2.57. The highest BCUT2D eigenvalue weighted by Crippen LogP contribution is 2.38. The Bertz CT molecular complexity index is 1090. The Labute approximate surface area is 170 Å². The Hall–Kier alpha value is -3.76. The molecule has 0 aliphatic carbocycles. The number of alkyl halides is 3. The van der Waals surface area contributed by atoms with Crippen molar-refractivity contribution in [2.24, 2.45) is 0 Å². The van der Waals surface area contributed by atoms with Crippen LogP contribution in [-0.2, 0) is 6.18 Å². The Kier molecular flexibility index (Phi) is 5.54. The Morgan fingerprint density at radius 1 is 1.03 bits per heavy atom. The van der Waals surface area contributed by atoms with Crippen LogP contribution in [0.15, 0.2) is 30.6 Å². The number of pyridine rings is 1. The molecule has 158 valence electrons. The minimum atomic E-state index is -4.71. The van der Waals surface area contributed by atoms with E-state index in [-0.39, 0.29) is 23.1 Å². The van der Waals surface area contributed by atoms with Gasteiger partial charge in [0.2, 0.25) is 11.8 Å². The number of nitrogen functional groups attached to an aromatic ring is 1. The van der Waals surface area contributed by atoms with E-state index in [2.05, 4.69) is 25.6 Å². The van der Waals surface area contributed by atoms with Crippen LogP contribution in [0.25, 0.3) is 0 Å². The molecule has 3 rings (SSSR count). The van der Waals surface area contributed by atoms with E-state index in [0.717, 1.165) is 0 Å². The van der Waals surface area contributed by atoms with E-state index in [1.54, 1.807) is 26.1 Å². The van der Waals surface area contributed by atoms with Gasteiger partial charge in [-0.15, -0.1) is 0 Å². The summed E-state index contributed by atoms with van der Waals surface area (Å²) in [5.41, 5.74) is 6.44. The molecule has 5 N–H and O–H groups in total. The molecule has 0 saturated carbocycles. The van der Waals surface area contributed by atoms with Crippen molar-refractivity contribution in [1.29, 1.82) is 0 Å². The predicted octanol–water partition coefficient (Wildman–Crippen LogP) is 4.29. The first-order chi connectivity index (χ1) is 14.1. The van der Waals surface area contributed by atoms with Gasteiger partial charge in [-0.2, -0.15) is 18.2 Å². The minimum Gasteiger partial charge on any atom is -0.505 e. The maximum Gasteiger partial charge on any atom is 0.421 e. The van der Waals surface area contributed by atoms with Gasteiger partial charge >= 0.3 is 6.18 Å². The van der Waals surface area contributed by atoms with Crippen molar-refractivity contribution in [2.75, 3.05) is 23.5 Å². The Balaban J connectivity index is 2.02. The molecule has 0 aliphatic rings. The molecule has 2 aromatic heterocycles. The number of aryl methyl sites for hydroxylation is 2. The number of rotatable bonds is 5. The number of nitrogens with two attached hydrogens (primary N) is 1. The van der Waals surface area contributed by atoms with Gasteiger partial charge in [-0.3, -0.25) is 0 Å². The van der Waals surface area contributed by atoms with Gasteiger partial charge in [0.1, 0.15) is 17.1 Å². The highest BCUT2D eigenvalue weighted by Gasteiger charge is 2.35. The number of anilines is 5. The summed E-state index contributed by atoms with van der Waals surface area (Å²) < 4.78 is 45.5. The lowest BCUT2D eigenvalue weighted by Gasteiger charge is -2.17. The van der Waals surface area contributed by atoms with E-state index < -0.39 is 17.6 Å². The second-order valence-electron chi connectivity index (χ2n) is 6.44. The summed E-state index contributed by atoms with van der Waals surface area (Å²) in [4.78, 5) is 11.8. The number of nitrogens with zero attached hydrogens (tertiary/aromatic N) is 3. The third kappa shape index (κ3) is 4.29. The van der Waals surface area contributed by atoms with Crippen LogP contribution in [0.2, 0.25) is 0 Å². The molecule has 0 aliphatic heterocycles. The summed E-state index contributed by atoms with van der Waals surface area (Å²) >= 11 is 0. The largest absolute Gasteiger partial charge is 0.505 e. The molecular formula is C19H19F3N6O2. The molecule has 0 unspecified atom stereocenters. The number of hydrogen-bond acceptors (Lipinski definition) is 8. The second-order valence-corrected chi connectivity index (χ2v) is 6.44. The van der Waals surface area contributed by atoms with Crippen molar-refractivity contribution in [3.8, 4) is 11.6 Å². The van der Waals surface area contributed by atoms with Crippen LogP contribution in [0.4, 0.5) is 42.0 Å². The quantitative estimate of drug-likeness (QED) is 0.357. The number of aromatic hydroxyl groups is 1. The van der Waals surface area contributed by atoms with Crippen molar-refractivity contribution < 1.29 is 23.0 Å². The molecule has 0 saturated heterocycles. The summed E-state index contributed by atoms with van der Waals surface area (Å²) in [7, 11) is 1.44. The van der Waals surface area contributed by atoms with Crippen LogP contribution in [0.3, 0.4) is 0 Å². The number of hydrogen-bond donors (Lipinski definition) is 4. The first kappa shape index (κ1) is 21.0. The third-order valence-corrected chi connectivity index (χ3v) is 4.30. The zero-order valence-corrected chi connectivity index (χ0v) is 16.3. The van der Waals surface area contributed by atoms with Gasteiger partial charge in [-0.1, -0.05) is 6.07 Å². The van der Waals surface area contributed by atoms with E-state index in [0.29, 0.717) is 28.9 Å². The molecule has 2 heterocycles. The van der Waals surface area contributed by atoms with E-state index in [1.807, 2.05) is 0 Å². The second kappa shape index (κ2) is 7.93. The first-order valence-electron chi connectivity index (χ1n) is 8.67. The maximum atomic E-state index is 13.5. The number of halogens is 3. The summed E-state index contributed by atoms with van der Waals surface area (Å²) in [5, 5.41) is 15.4. The minimum absolute atomic E-state index is 0.0787. The van der Waals surface area contributed by atoms with Gasteiger partial charge in [0.15, 0.2) is 0 Å². The molecule has 0 amide bonds. The maximum absolute atomic E-state index is 13.5. The van der Waals surface area contributed by atoms with E-state index in [4.69, 9.17) is 10.5 Å². The zero-order chi connectivity index (χ0) is 22.1. The van der Waals surface area contributed by atoms with E-state index in [1.165, 1.54) is 19.2 Å².